The van der Waals surface area contributed by atoms with Crippen molar-refractivity contribution in [3.05, 3.63) is 16.3 Å². The number of hydrogen-bond acceptors (Lipinski definition) is 6. The first-order chi connectivity index (χ1) is 14.2. The molecule has 16 heteroatoms. The van der Waals surface area contributed by atoms with Gasteiger partial charge in [-0.05, 0) is 33.1 Å². The number of ether oxygens (including phenoxy) is 1. The summed E-state index contributed by atoms with van der Waals surface area (Å²) in [6, 6.07) is 0. The Balaban J connectivity index is 0. The molecule has 0 aromatic carbocycles. The molecule has 0 heterocycles. The van der Waals surface area contributed by atoms with Crippen LogP contribution in [0.15, 0.2) is 12.2 Å². The van der Waals surface area contributed by atoms with E-state index in [9.17, 15) is 48.0 Å². The molecule has 0 aliphatic heterocycles. The lowest BCUT2D eigenvalue weighted by Gasteiger charge is -2.33. The average molecular weight is 523 g/mol. The van der Waals surface area contributed by atoms with Gasteiger partial charge >= 0.3 is 17.0 Å². The van der Waals surface area contributed by atoms with Crippen LogP contribution < -0.4 is 0 Å². The van der Waals surface area contributed by atoms with Crippen LogP contribution in [0.1, 0.15) is 40.0 Å². The first-order valence-electron chi connectivity index (χ1n) is 9.18. The second kappa shape index (κ2) is 12.7. The topological polar surface area (TPSA) is 109 Å². The molecule has 192 valence electrons. The van der Waals surface area contributed by atoms with E-state index < -0.39 is 31.1 Å². The molecule has 1 unspecified atom stereocenters. The zero-order chi connectivity index (χ0) is 26.0. The average Bonchev–Trinajstić information content (AvgIpc) is 2.59. The number of quaternary nitrogens is 1. The highest BCUT2D eigenvalue weighted by molar-refractivity contribution is 8.13. The predicted molar refractivity (Wildman–Crippen MR) is 105 cm³/mol. The number of alkyl halides is 6. The maximum Gasteiger partial charge on any atom is 0.480 e. The zero-order valence-electron chi connectivity index (χ0n) is 18.1. The number of carbonyl (C=O) groups is 1. The number of nitrogens with zero attached hydrogens (tertiary/aromatic N) is 2. The number of carbonyl (C=O) groups excluding carboxylic acids is 1. The molecule has 0 bridgehead atoms. The summed E-state index contributed by atoms with van der Waals surface area (Å²) in [6.45, 7) is 13.8. The smallest absolute Gasteiger partial charge is 0.462 e. The van der Waals surface area contributed by atoms with Gasteiger partial charge in [0.1, 0.15) is 0 Å². The predicted octanol–water partition coefficient (Wildman–Crippen LogP) is 3.82. The third-order valence-corrected chi connectivity index (χ3v) is 6.72. The van der Waals surface area contributed by atoms with Crippen molar-refractivity contribution >= 4 is 26.0 Å². The lowest BCUT2D eigenvalue weighted by molar-refractivity contribution is -0.908. The molecule has 0 N–H and O–H groups in total. The van der Waals surface area contributed by atoms with E-state index in [0.29, 0.717) is 12.2 Å². The molecule has 0 aliphatic carbocycles. The van der Waals surface area contributed by atoms with Crippen molar-refractivity contribution in [2.24, 2.45) is 0 Å². The molecule has 0 spiro atoms. The van der Waals surface area contributed by atoms with Crippen molar-refractivity contribution in [2.75, 3.05) is 33.3 Å². The fourth-order valence-corrected chi connectivity index (χ4v) is 3.77. The van der Waals surface area contributed by atoms with Crippen LogP contribution in [0.5, 0.6) is 0 Å². The second-order valence-corrected chi connectivity index (χ2v) is 10.3. The molecule has 0 aliphatic rings. The minimum atomic E-state index is -6.72. The van der Waals surface area contributed by atoms with Crippen LogP contribution in [0, 0.1) is 0 Å². The molecule has 1 atom stereocenters. The Morgan fingerprint density at radius 2 is 1.38 bits per heavy atom. The first-order valence-corrected chi connectivity index (χ1v) is 12.1. The Labute approximate surface area is 184 Å². The van der Waals surface area contributed by atoms with Crippen molar-refractivity contribution in [1.29, 1.82) is 0 Å². The molecule has 0 saturated heterocycles. The number of hydrogen-bond donors (Lipinski definition) is 0. The van der Waals surface area contributed by atoms with E-state index in [1.807, 2.05) is 0 Å². The standard InChI is InChI=1S/C14H28NO2.C2F6NO4S2/c1-6-10-15(5,7-2)11-8-9-12-17-14(16)13(3)4;3-1(4,5)14(10,11)9-15(12,13)2(6,7)8/h3,6-12H2,1-2,4-5H3;/q+1;-1. The summed E-state index contributed by atoms with van der Waals surface area (Å²) < 4.78 is 115. The fraction of sp³-hybridized carbons (Fsp3) is 0.812. The largest absolute Gasteiger partial charge is 0.480 e. The molecule has 32 heavy (non-hydrogen) atoms. The summed E-state index contributed by atoms with van der Waals surface area (Å²) in [5, 5.41) is 0. The zero-order valence-corrected chi connectivity index (χ0v) is 19.7. The summed E-state index contributed by atoms with van der Waals surface area (Å²) in [4.78, 5) is 11.1. The lowest BCUT2D eigenvalue weighted by atomic mass is 10.2. The van der Waals surface area contributed by atoms with E-state index in [0.717, 1.165) is 28.0 Å². The van der Waals surface area contributed by atoms with E-state index in [4.69, 9.17) is 4.74 Å². The molecule has 0 aromatic heterocycles. The normalized spacial score (nSPS) is 14.7. The highest BCUT2D eigenvalue weighted by atomic mass is 32.3. The van der Waals surface area contributed by atoms with E-state index in [-0.39, 0.29) is 5.97 Å². The molecule has 0 aromatic rings. The minimum absolute atomic E-state index is 0.272. The number of unbranched alkanes of at least 4 members (excludes halogenated alkanes) is 1. The molecular formula is C16H28F6N2O6S2. The third kappa shape index (κ3) is 12.0. The summed E-state index contributed by atoms with van der Waals surface area (Å²) in [5.41, 5.74) is -11.9. The Bertz CT molecular complexity index is 783. The number of halogens is 6. The van der Waals surface area contributed by atoms with Crippen LogP contribution in [0.3, 0.4) is 0 Å². The Morgan fingerprint density at radius 1 is 0.938 bits per heavy atom. The molecular weight excluding hydrogens is 494 g/mol. The van der Waals surface area contributed by atoms with Crippen LogP contribution in [0.4, 0.5) is 26.3 Å². The third-order valence-electron chi connectivity index (χ3n) is 3.98. The second-order valence-electron chi connectivity index (χ2n) is 6.92. The maximum atomic E-state index is 11.4. The van der Waals surface area contributed by atoms with Crippen molar-refractivity contribution in [3.8, 4) is 0 Å². The van der Waals surface area contributed by atoms with Gasteiger partial charge < -0.3 is 13.3 Å². The van der Waals surface area contributed by atoms with Crippen LogP contribution in [0.2, 0.25) is 0 Å². The minimum Gasteiger partial charge on any atom is -0.462 e. The van der Waals surface area contributed by atoms with Crippen LogP contribution >= 0.6 is 0 Å². The van der Waals surface area contributed by atoms with E-state index in [1.165, 1.54) is 19.5 Å². The summed E-state index contributed by atoms with van der Waals surface area (Å²) >= 11 is 0. The number of esters is 1. The quantitative estimate of drug-likeness (QED) is 0.134. The lowest BCUT2D eigenvalue weighted by Crippen LogP contribution is -2.45. The van der Waals surface area contributed by atoms with Gasteiger partial charge in [0.15, 0.2) is 20.0 Å². The van der Waals surface area contributed by atoms with Gasteiger partial charge in [-0.3, -0.25) is 0 Å². The van der Waals surface area contributed by atoms with Gasteiger partial charge in [0.25, 0.3) is 0 Å². The summed E-state index contributed by atoms with van der Waals surface area (Å²) in [6.07, 6.45) is 3.26. The Hall–Kier alpha value is -1.39. The van der Waals surface area contributed by atoms with Gasteiger partial charge in [0.05, 0.1) is 33.3 Å². The molecule has 8 nitrogen and oxygen atoms in total. The van der Waals surface area contributed by atoms with Crippen LogP contribution in [-0.2, 0) is 29.6 Å². The fourth-order valence-electron chi connectivity index (χ4n) is 2.07. The number of sulfonamides is 2. The summed E-state index contributed by atoms with van der Waals surface area (Å²) in [7, 11) is -11.1. The maximum absolute atomic E-state index is 11.4. The Morgan fingerprint density at radius 3 is 1.69 bits per heavy atom. The van der Waals surface area contributed by atoms with Crippen molar-refractivity contribution in [3.63, 3.8) is 0 Å². The Kier molecular flexibility index (Phi) is 13.1. The van der Waals surface area contributed by atoms with Crippen molar-refractivity contribution < 1.29 is 57.2 Å². The van der Waals surface area contributed by atoms with Crippen molar-refractivity contribution in [1.82, 2.24) is 0 Å². The SMILES string of the molecule is C=C(C)C(=O)OCCCC[N+](C)(CC)CCC.O=S(=O)([N-]S(=O)(=O)C(F)(F)F)C(F)(F)F. The highest BCUT2D eigenvalue weighted by Crippen LogP contribution is 2.36. The molecule has 0 fully saturated rings. The van der Waals surface area contributed by atoms with Crippen LogP contribution in [-0.4, -0.2) is 71.6 Å². The molecule has 0 amide bonds. The highest BCUT2D eigenvalue weighted by Gasteiger charge is 2.46. The summed E-state index contributed by atoms with van der Waals surface area (Å²) in [5.74, 6) is -0.272. The first kappa shape index (κ1) is 32.8. The molecule has 0 radical (unpaired) electrons. The van der Waals surface area contributed by atoms with E-state index >= 15 is 0 Å². The van der Waals surface area contributed by atoms with Gasteiger partial charge in [-0.1, -0.05) is 13.5 Å². The monoisotopic (exact) mass is 522 g/mol. The molecule has 0 rings (SSSR count). The van der Waals surface area contributed by atoms with Gasteiger partial charge in [-0.15, -0.1) is 0 Å². The number of rotatable bonds is 11. The van der Waals surface area contributed by atoms with Gasteiger partial charge in [-0.2, -0.15) is 26.3 Å². The van der Waals surface area contributed by atoms with Gasteiger partial charge in [0.2, 0.25) is 0 Å². The van der Waals surface area contributed by atoms with Crippen molar-refractivity contribution in [2.45, 2.75) is 51.1 Å². The van der Waals surface area contributed by atoms with Gasteiger partial charge in [-0.25, -0.2) is 21.6 Å². The van der Waals surface area contributed by atoms with E-state index in [1.54, 1.807) is 6.92 Å². The van der Waals surface area contributed by atoms with Crippen LogP contribution in [0.25, 0.3) is 4.13 Å². The van der Waals surface area contributed by atoms with E-state index in [2.05, 4.69) is 27.5 Å². The molecule has 0 saturated carbocycles. The van der Waals surface area contributed by atoms with Gasteiger partial charge in [0, 0.05) is 5.57 Å².